The van der Waals surface area contributed by atoms with Gasteiger partial charge in [-0.1, -0.05) is 212 Å². The smallest absolute Gasteiger partial charge is 0.164 e. The summed E-state index contributed by atoms with van der Waals surface area (Å²) in [4.78, 5) is 15.9. The van der Waals surface area contributed by atoms with E-state index >= 15 is 0 Å². The monoisotopic (exact) mass is 803 g/mol. The van der Waals surface area contributed by atoms with Gasteiger partial charge in [0, 0.05) is 33.0 Å². The Labute approximate surface area is 364 Å². The van der Waals surface area contributed by atoms with Crippen molar-refractivity contribution >= 4 is 43.5 Å². The Balaban J connectivity index is 1.01. The first kappa shape index (κ1) is 36.4. The fourth-order valence-corrected chi connectivity index (χ4v) is 9.02. The predicted octanol–water partition coefficient (Wildman–Crippen LogP) is 15.7. The standard InChI is InChI=1S/C59H37N3O/c1-3-13-38(14-4-1)40-25-27-42(28-26-40)43-31-35-45(36-32-43)57-60-58(62-59(61-57)53-37-46-17-7-8-18-47(46)49-19-9-10-20-50(49)53)52-23-12-24-54-55(52)51-22-11-21-48(56(51)63-54)44-33-29-41(30-34-44)39-15-5-2-6-16-39/h1-37H. The molecule has 0 saturated carbocycles. The van der Waals surface area contributed by atoms with Gasteiger partial charge in [-0.2, -0.15) is 0 Å². The third-order valence-corrected chi connectivity index (χ3v) is 12.2. The van der Waals surface area contributed by atoms with Crippen molar-refractivity contribution in [3.63, 3.8) is 0 Å². The van der Waals surface area contributed by atoms with Crippen molar-refractivity contribution in [3.8, 4) is 78.7 Å². The van der Waals surface area contributed by atoms with Crippen LogP contribution in [0.2, 0.25) is 0 Å². The number of benzene rings is 10. The average molecular weight is 804 g/mol. The van der Waals surface area contributed by atoms with E-state index in [1.807, 2.05) is 24.3 Å². The molecule has 0 aliphatic carbocycles. The Hall–Kier alpha value is -8.47. The summed E-state index contributed by atoms with van der Waals surface area (Å²) >= 11 is 0. The van der Waals surface area contributed by atoms with E-state index in [4.69, 9.17) is 19.4 Å². The average Bonchev–Trinajstić information content (AvgIpc) is 3.76. The van der Waals surface area contributed by atoms with E-state index in [-0.39, 0.29) is 0 Å². The normalized spacial score (nSPS) is 11.5. The van der Waals surface area contributed by atoms with Crippen molar-refractivity contribution in [2.75, 3.05) is 0 Å². The highest BCUT2D eigenvalue weighted by molar-refractivity contribution is 6.16. The zero-order valence-electron chi connectivity index (χ0n) is 34.1. The number of furan rings is 1. The van der Waals surface area contributed by atoms with Crippen molar-refractivity contribution in [2.24, 2.45) is 0 Å². The molecule has 2 heterocycles. The highest BCUT2D eigenvalue weighted by atomic mass is 16.3. The second-order valence-electron chi connectivity index (χ2n) is 15.9. The summed E-state index contributed by atoms with van der Waals surface area (Å²) < 4.78 is 6.77. The Morgan fingerprint density at radius 3 is 1.35 bits per heavy atom. The molecule has 12 rings (SSSR count). The second kappa shape index (κ2) is 15.2. The third kappa shape index (κ3) is 6.53. The lowest BCUT2D eigenvalue weighted by atomic mass is 9.96. The Kier molecular flexibility index (Phi) is 8.79. The molecule has 0 atom stereocenters. The van der Waals surface area contributed by atoms with Gasteiger partial charge < -0.3 is 4.42 Å². The summed E-state index contributed by atoms with van der Waals surface area (Å²) in [7, 11) is 0. The molecule has 12 aromatic rings. The number of para-hydroxylation sites is 1. The second-order valence-corrected chi connectivity index (χ2v) is 15.9. The van der Waals surface area contributed by atoms with Crippen LogP contribution in [0.3, 0.4) is 0 Å². The summed E-state index contributed by atoms with van der Waals surface area (Å²) in [6.07, 6.45) is 0. The van der Waals surface area contributed by atoms with Gasteiger partial charge in [0.2, 0.25) is 0 Å². The lowest BCUT2D eigenvalue weighted by Crippen LogP contribution is -2.01. The number of rotatable bonds is 7. The molecule has 10 aromatic carbocycles. The van der Waals surface area contributed by atoms with Gasteiger partial charge in [0.1, 0.15) is 11.2 Å². The van der Waals surface area contributed by atoms with Crippen LogP contribution in [0.4, 0.5) is 0 Å². The van der Waals surface area contributed by atoms with E-state index < -0.39 is 0 Å². The molecule has 294 valence electrons. The van der Waals surface area contributed by atoms with Gasteiger partial charge in [-0.25, -0.2) is 15.0 Å². The molecule has 2 aromatic heterocycles. The molecule has 4 heteroatoms. The Morgan fingerprint density at radius 2 is 0.714 bits per heavy atom. The van der Waals surface area contributed by atoms with E-state index in [2.05, 4.69) is 200 Å². The van der Waals surface area contributed by atoms with Crippen LogP contribution in [0.5, 0.6) is 0 Å². The fourth-order valence-electron chi connectivity index (χ4n) is 9.02. The Bertz CT molecular complexity index is 3630. The summed E-state index contributed by atoms with van der Waals surface area (Å²) in [6.45, 7) is 0. The molecule has 0 amide bonds. The van der Waals surface area contributed by atoms with Crippen LogP contribution in [0.25, 0.3) is 122 Å². The zero-order valence-corrected chi connectivity index (χ0v) is 34.1. The van der Waals surface area contributed by atoms with Crippen molar-refractivity contribution < 1.29 is 4.42 Å². The van der Waals surface area contributed by atoms with Gasteiger partial charge in [0.05, 0.1) is 0 Å². The SMILES string of the molecule is c1ccc(-c2ccc(-c3ccc(-c4nc(-c5cc6ccccc6c6ccccc56)nc(-c5cccc6oc7c(-c8ccc(-c9ccccc9)cc8)cccc7c56)n4)cc3)cc2)cc1. The molecule has 0 bridgehead atoms. The molecule has 0 aliphatic rings. The van der Waals surface area contributed by atoms with Gasteiger partial charge in [-0.3, -0.25) is 0 Å². The van der Waals surface area contributed by atoms with Crippen LogP contribution in [-0.4, -0.2) is 15.0 Å². The van der Waals surface area contributed by atoms with Gasteiger partial charge >= 0.3 is 0 Å². The number of hydrogen-bond acceptors (Lipinski definition) is 4. The maximum absolute atomic E-state index is 6.77. The van der Waals surface area contributed by atoms with Gasteiger partial charge in [0.25, 0.3) is 0 Å². The number of fused-ring (bicyclic) bond motifs is 6. The molecule has 0 N–H and O–H groups in total. The molecule has 0 aliphatic heterocycles. The van der Waals surface area contributed by atoms with Crippen molar-refractivity contribution in [3.05, 3.63) is 224 Å². The van der Waals surface area contributed by atoms with E-state index in [0.29, 0.717) is 17.5 Å². The van der Waals surface area contributed by atoms with Crippen molar-refractivity contribution in [1.29, 1.82) is 0 Å². The zero-order chi connectivity index (χ0) is 41.7. The minimum atomic E-state index is 0.582. The number of hydrogen-bond donors (Lipinski definition) is 0. The molecule has 4 nitrogen and oxygen atoms in total. The van der Waals surface area contributed by atoms with Crippen molar-refractivity contribution in [1.82, 2.24) is 15.0 Å². The van der Waals surface area contributed by atoms with Crippen LogP contribution in [0.15, 0.2) is 229 Å². The maximum atomic E-state index is 6.77. The summed E-state index contributed by atoms with van der Waals surface area (Å²) in [5.74, 6) is 1.79. The minimum absolute atomic E-state index is 0.582. The first-order chi connectivity index (χ1) is 31.2. The molecule has 0 spiro atoms. The van der Waals surface area contributed by atoms with Crippen molar-refractivity contribution in [2.45, 2.75) is 0 Å². The number of aromatic nitrogens is 3. The third-order valence-electron chi connectivity index (χ3n) is 12.2. The summed E-state index contributed by atoms with van der Waals surface area (Å²) in [6, 6.07) is 78.7. The van der Waals surface area contributed by atoms with Crippen LogP contribution < -0.4 is 0 Å². The first-order valence-corrected chi connectivity index (χ1v) is 21.3. The first-order valence-electron chi connectivity index (χ1n) is 21.3. The van der Waals surface area contributed by atoms with Gasteiger partial charge in [-0.05, 0) is 72.6 Å². The van der Waals surface area contributed by atoms with E-state index in [1.54, 1.807) is 0 Å². The molecular weight excluding hydrogens is 767 g/mol. The molecule has 0 fully saturated rings. The van der Waals surface area contributed by atoms with E-state index in [0.717, 1.165) is 77.0 Å². The molecule has 0 unspecified atom stereocenters. The largest absolute Gasteiger partial charge is 0.455 e. The quantitative estimate of drug-likeness (QED) is 0.151. The molecule has 0 saturated heterocycles. The molecule has 0 radical (unpaired) electrons. The molecule has 63 heavy (non-hydrogen) atoms. The minimum Gasteiger partial charge on any atom is -0.455 e. The lowest BCUT2D eigenvalue weighted by molar-refractivity contribution is 0.670. The van der Waals surface area contributed by atoms with Crippen LogP contribution in [-0.2, 0) is 0 Å². The topological polar surface area (TPSA) is 51.8 Å². The number of nitrogens with zero attached hydrogens (tertiary/aromatic N) is 3. The highest BCUT2D eigenvalue weighted by Crippen LogP contribution is 2.42. The van der Waals surface area contributed by atoms with Crippen LogP contribution >= 0.6 is 0 Å². The lowest BCUT2D eigenvalue weighted by Gasteiger charge is -2.13. The van der Waals surface area contributed by atoms with Crippen LogP contribution in [0, 0.1) is 0 Å². The van der Waals surface area contributed by atoms with Gasteiger partial charge in [-0.15, -0.1) is 0 Å². The summed E-state index contributed by atoms with van der Waals surface area (Å²) in [5, 5.41) is 6.54. The predicted molar refractivity (Wildman–Crippen MR) is 260 cm³/mol. The van der Waals surface area contributed by atoms with E-state index in [9.17, 15) is 0 Å². The van der Waals surface area contributed by atoms with Gasteiger partial charge in [0.15, 0.2) is 17.5 Å². The molecular formula is C59H37N3O. The fraction of sp³-hybridized carbons (Fsp3) is 0. The van der Waals surface area contributed by atoms with Crippen LogP contribution in [0.1, 0.15) is 0 Å². The highest BCUT2D eigenvalue weighted by Gasteiger charge is 2.21. The maximum Gasteiger partial charge on any atom is 0.164 e. The summed E-state index contributed by atoms with van der Waals surface area (Å²) in [5.41, 5.74) is 13.5. The Morgan fingerprint density at radius 1 is 0.270 bits per heavy atom. The van der Waals surface area contributed by atoms with E-state index in [1.165, 1.54) is 27.6 Å².